The Morgan fingerprint density at radius 3 is 2.84 bits per heavy atom. The minimum Gasteiger partial charge on any atom is -0.385 e. The van der Waals surface area contributed by atoms with Crippen LogP contribution >= 0.6 is 23.2 Å². The van der Waals surface area contributed by atoms with E-state index in [1.165, 1.54) is 6.07 Å². The Morgan fingerprint density at radius 2 is 2.26 bits per heavy atom. The Labute approximate surface area is 121 Å². The lowest BCUT2D eigenvalue weighted by atomic mass is 9.96. The second-order valence-electron chi connectivity index (χ2n) is 4.68. The van der Waals surface area contributed by atoms with Crippen molar-refractivity contribution in [1.29, 1.82) is 0 Å². The summed E-state index contributed by atoms with van der Waals surface area (Å²) in [6, 6.07) is 4.65. The van der Waals surface area contributed by atoms with Crippen LogP contribution in [0, 0.1) is 0 Å². The van der Waals surface area contributed by atoms with E-state index in [1.807, 2.05) is 0 Å². The smallest absolute Gasteiger partial charge is 0.251 e. The van der Waals surface area contributed by atoms with Crippen molar-refractivity contribution in [3.05, 3.63) is 33.8 Å². The number of amides is 1. The van der Waals surface area contributed by atoms with E-state index >= 15 is 0 Å². The zero-order valence-electron chi connectivity index (χ0n) is 10.5. The summed E-state index contributed by atoms with van der Waals surface area (Å²) in [5.41, 5.74) is -0.601. The van der Waals surface area contributed by atoms with Crippen LogP contribution in [0.3, 0.4) is 0 Å². The molecular weight excluding hydrogens is 289 g/mol. The van der Waals surface area contributed by atoms with Crippen molar-refractivity contribution in [3.63, 3.8) is 0 Å². The lowest BCUT2D eigenvalue weighted by Gasteiger charge is -2.26. The van der Waals surface area contributed by atoms with Crippen LogP contribution in [0.5, 0.6) is 0 Å². The number of hydrogen-bond donors (Lipinski definition) is 2. The molecule has 104 valence electrons. The Hall–Kier alpha value is -0.810. The van der Waals surface area contributed by atoms with Gasteiger partial charge >= 0.3 is 0 Å². The predicted molar refractivity (Wildman–Crippen MR) is 73.8 cm³/mol. The van der Waals surface area contributed by atoms with Crippen molar-refractivity contribution in [2.24, 2.45) is 0 Å². The molecule has 1 aromatic carbocycles. The quantitative estimate of drug-likeness (QED) is 0.900. The van der Waals surface area contributed by atoms with Gasteiger partial charge in [0, 0.05) is 25.1 Å². The number of hydrogen-bond acceptors (Lipinski definition) is 3. The topological polar surface area (TPSA) is 58.6 Å². The molecule has 1 heterocycles. The van der Waals surface area contributed by atoms with Crippen LogP contribution in [0.25, 0.3) is 0 Å². The average Bonchev–Trinajstić information content (AvgIpc) is 2.71. The second kappa shape index (κ2) is 5.67. The molecule has 0 aromatic heterocycles. The molecule has 1 aromatic rings. The molecular formula is C13H15Cl2NO3. The lowest BCUT2D eigenvalue weighted by molar-refractivity contribution is -0.0251. The molecule has 2 atom stereocenters. The number of aliphatic hydroxyl groups is 1. The van der Waals surface area contributed by atoms with Gasteiger partial charge in [-0.2, -0.15) is 0 Å². The molecule has 1 aliphatic rings. The maximum atomic E-state index is 11.9. The first-order valence-electron chi connectivity index (χ1n) is 5.99. The fourth-order valence-corrected chi connectivity index (χ4v) is 2.27. The van der Waals surface area contributed by atoms with E-state index in [0.29, 0.717) is 28.6 Å². The van der Waals surface area contributed by atoms with Crippen molar-refractivity contribution < 1.29 is 14.6 Å². The highest BCUT2D eigenvalue weighted by molar-refractivity contribution is 6.42. The fraction of sp³-hybridized carbons (Fsp3) is 0.462. The van der Waals surface area contributed by atoms with E-state index in [1.54, 1.807) is 19.1 Å². The van der Waals surface area contributed by atoms with E-state index in [9.17, 15) is 9.90 Å². The van der Waals surface area contributed by atoms with E-state index in [0.717, 1.165) is 0 Å². The Balaban J connectivity index is 1.99. The zero-order chi connectivity index (χ0) is 14.0. The van der Waals surface area contributed by atoms with Gasteiger partial charge in [-0.3, -0.25) is 4.79 Å². The maximum absolute atomic E-state index is 11.9. The van der Waals surface area contributed by atoms with Crippen molar-refractivity contribution in [1.82, 2.24) is 5.32 Å². The molecule has 1 fully saturated rings. The Kier molecular flexibility index (Phi) is 4.36. The maximum Gasteiger partial charge on any atom is 0.251 e. The first-order chi connectivity index (χ1) is 8.92. The van der Waals surface area contributed by atoms with Gasteiger partial charge in [-0.1, -0.05) is 23.2 Å². The van der Waals surface area contributed by atoms with Gasteiger partial charge in [0.05, 0.1) is 16.1 Å². The van der Waals surface area contributed by atoms with Gasteiger partial charge in [0.25, 0.3) is 5.91 Å². The summed E-state index contributed by atoms with van der Waals surface area (Å²) < 4.78 is 5.30. The first-order valence-corrected chi connectivity index (χ1v) is 6.75. The third-order valence-corrected chi connectivity index (χ3v) is 4.14. The predicted octanol–water partition coefficient (Wildman–Crippen LogP) is 2.26. The largest absolute Gasteiger partial charge is 0.385 e. The Morgan fingerprint density at radius 1 is 1.53 bits per heavy atom. The van der Waals surface area contributed by atoms with E-state index in [2.05, 4.69) is 5.32 Å². The van der Waals surface area contributed by atoms with Crippen molar-refractivity contribution in [2.45, 2.75) is 25.0 Å². The number of ether oxygens (including phenoxy) is 1. The van der Waals surface area contributed by atoms with E-state index < -0.39 is 5.60 Å². The standard InChI is InChI=1S/C13H15Cl2NO3/c1-8-13(18,4-5-19-8)7-16-12(17)9-2-3-10(14)11(15)6-9/h2-3,6,8,18H,4-5,7H2,1H3,(H,16,17). The van der Waals surface area contributed by atoms with Gasteiger partial charge in [-0.05, 0) is 25.1 Å². The normalized spacial score (nSPS) is 26.4. The van der Waals surface area contributed by atoms with Crippen LogP contribution in [0.15, 0.2) is 18.2 Å². The highest BCUT2D eigenvalue weighted by atomic mass is 35.5. The monoisotopic (exact) mass is 303 g/mol. The first kappa shape index (κ1) is 14.6. The van der Waals surface area contributed by atoms with Gasteiger partial charge in [0.2, 0.25) is 0 Å². The van der Waals surface area contributed by atoms with Crippen molar-refractivity contribution in [2.75, 3.05) is 13.2 Å². The molecule has 0 radical (unpaired) electrons. The molecule has 1 amide bonds. The molecule has 0 aliphatic carbocycles. The molecule has 19 heavy (non-hydrogen) atoms. The molecule has 2 unspecified atom stereocenters. The highest BCUT2D eigenvalue weighted by Gasteiger charge is 2.39. The van der Waals surface area contributed by atoms with Gasteiger partial charge < -0.3 is 15.2 Å². The van der Waals surface area contributed by atoms with Gasteiger partial charge in [0.15, 0.2) is 0 Å². The average molecular weight is 304 g/mol. The molecule has 2 rings (SSSR count). The van der Waals surface area contributed by atoms with Gasteiger partial charge in [0.1, 0.15) is 5.60 Å². The lowest BCUT2D eigenvalue weighted by Crippen LogP contribution is -2.47. The molecule has 1 saturated heterocycles. The SMILES string of the molecule is CC1OCCC1(O)CNC(=O)c1ccc(Cl)c(Cl)c1. The summed E-state index contributed by atoms with van der Waals surface area (Å²) in [6.07, 6.45) is 0.220. The number of nitrogens with one attached hydrogen (secondary N) is 1. The van der Waals surface area contributed by atoms with Gasteiger partial charge in [-0.25, -0.2) is 0 Å². The van der Waals surface area contributed by atoms with Crippen LogP contribution in [0.4, 0.5) is 0 Å². The second-order valence-corrected chi connectivity index (χ2v) is 5.49. The molecule has 6 heteroatoms. The summed E-state index contributed by atoms with van der Waals surface area (Å²) >= 11 is 11.6. The molecule has 1 aliphatic heterocycles. The van der Waals surface area contributed by atoms with Crippen LogP contribution < -0.4 is 5.32 Å². The third kappa shape index (κ3) is 3.20. The molecule has 0 bridgehead atoms. The molecule has 2 N–H and O–H groups in total. The summed E-state index contributed by atoms with van der Waals surface area (Å²) in [4.78, 5) is 11.9. The highest BCUT2D eigenvalue weighted by Crippen LogP contribution is 2.25. The third-order valence-electron chi connectivity index (χ3n) is 3.40. The summed E-state index contributed by atoms with van der Waals surface area (Å²) in [5.74, 6) is -0.300. The number of carbonyl (C=O) groups excluding carboxylic acids is 1. The van der Waals surface area contributed by atoms with Crippen LogP contribution in [0.2, 0.25) is 10.0 Å². The minimum atomic E-state index is -1.01. The van der Waals surface area contributed by atoms with Crippen molar-refractivity contribution >= 4 is 29.1 Å². The molecule has 0 spiro atoms. The van der Waals surface area contributed by atoms with E-state index in [-0.39, 0.29) is 18.6 Å². The number of halogens is 2. The van der Waals surface area contributed by atoms with Crippen LogP contribution in [-0.2, 0) is 4.74 Å². The van der Waals surface area contributed by atoms with Crippen LogP contribution in [-0.4, -0.2) is 35.9 Å². The Bertz CT molecular complexity index is 495. The summed E-state index contributed by atoms with van der Waals surface area (Å²) in [7, 11) is 0. The summed E-state index contributed by atoms with van der Waals surface area (Å²) in [5, 5.41) is 13.7. The minimum absolute atomic E-state index is 0.146. The molecule has 0 saturated carbocycles. The fourth-order valence-electron chi connectivity index (χ4n) is 1.98. The van der Waals surface area contributed by atoms with E-state index in [4.69, 9.17) is 27.9 Å². The number of benzene rings is 1. The molecule has 4 nitrogen and oxygen atoms in total. The van der Waals surface area contributed by atoms with Crippen molar-refractivity contribution in [3.8, 4) is 0 Å². The van der Waals surface area contributed by atoms with Gasteiger partial charge in [-0.15, -0.1) is 0 Å². The zero-order valence-corrected chi connectivity index (χ0v) is 12.0. The number of carbonyl (C=O) groups is 1. The number of rotatable bonds is 3. The summed E-state index contributed by atoms with van der Waals surface area (Å²) in [6.45, 7) is 2.44. The van der Waals surface area contributed by atoms with Crippen LogP contribution in [0.1, 0.15) is 23.7 Å².